The second-order valence-electron chi connectivity index (χ2n) is 5.82. The molecule has 1 atom stereocenters. The molecule has 0 amide bonds. The summed E-state index contributed by atoms with van der Waals surface area (Å²) in [6.07, 6.45) is -0.889. The van der Waals surface area contributed by atoms with Crippen molar-refractivity contribution in [3.8, 4) is 0 Å². The third-order valence-corrected chi connectivity index (χ3v) is 3.88. The van der Waals surface area contributed by atoms with Crippen LogP contribution < -0.4 is 5.32 Å². The Morgan fingerprint density at radius 3 is 2.60 bits per heavy atom. The first kappa shape index (κ1) is 17.5. The first-order chi connectivity index (χ1) is 9.32. The van der Waals surface area contributed by atoms with Crippen molar-refractivity contribution in [3.63, 3.8) is 0 Å². The minimum Gasteiger partial charge on any atom is -0.375 e. The highest BCUT2D eigenvalue weighted by Crippen LogP contribution is 2.24. The highest BCUT2D eigenvalue weighted by Gasteiger charge is 2.18. The van der Waals surface area contributed by atoms with Crippen LogP contribution in [-0.4, -0.2) is 37.7 Å². The van der Waals surface area contributed by atoms with Crippen molar-refractivity contribution in [1.29, 1.82) is 0 Å². The SMILES string of the molecule is CNC(CCOCC(F)F)Cc1nc(C(C)(C)C)cs1. The molecule has 1 heterocycles. The van der Waals surface area contributed by atoms with E-state index in [0.717, 1.165) is 17.1 Å². The molecule has 0 bridgehead atoms. The maximum absolute atomic E-state index is 12.0. The van der Waals surface area contributed by atoms with Crippen molar-refractivity contribution in [2.24, 2.45) is 0 Å². The number of thiazole rings is 1. The van der Waals surface area contributed by atoms with Crippen LogP contribution in [0.15, 0.2) is 5.38 Å². The van der Waals surface area contributed by atoms with E-state index in [9.17, 15) is 8.78 Å². The second kappa shape index (κ2) is 8.00. The highest BCUT2D eigenvalue weighted by molar-refractivity contribution is 7.09. The van der Waals surface area contributed by atoms with Crippen molar-refractivity contribution in [1.82, 2.24) is 10.3 Å². The van der Waals surface area contributed by atoms with Gasteiger partial charge in [0.25, 0.3) is 6.43 Å². The molecule has 0 fully saturated rings. The lowest BCUT2D eigenvalue weighted by Crippen LogP contribution is -2.29. The van der Waals surface area contributed by atoms with Gasteiger partial charge in [-0.2, -0.15) is 0 Å². The Morgan fingerprint density at radius 2 is 2.10 bits per heavy atom. The zero-order valence-electron chi connectivity index (χ0n) is 12.6. The fraction of sp³-hybridized carbons (Fsp3) is 0.786. The first-order valence-electron chi connectivity index (χ1n) is 6.81. The molecule has 1 unspecified atom stereocenters. The molecule has 0 spiro atoms. The molecule has 20 heavy (non-hydrogen) atoms. The molecule has 0 aliphatic rings. The van der Waals surface area contributed by atoms with Gasteiger partial charge in [-0.3, -0.25) is 0 Å². The van der Waals surface area contributed by atoms with Crippen molar-refractivity contribution in [2.75, 3.05) is 20.3 Å². The summed E-state index contributed by atoms with van der Waals surface area (Å²) in [5.74, 6) is 0. The van der Waals surface area contributed by atoms with Gasteiger partial charge in [0.15, 0.2) is 0 Å². The van der Waals surface area contributed by atoms with E-state index in [0.29, 0.717) is 13.0 Å². The van der Waals surface area contributed by atoms with E-state index in [1.807, 2.05) is 7.05 Å². The van der Waals surface area contributed by atoms with Crippen molar-refractivity contribution in [2.45, 2.75) is 51.5 Å². The quantitative estimate of drug-likeness (QED) is 0.749. The van der Waals surface area contributed by atoms with Gasteiger partial charge in [-0.25, -0.2) is 13.8 Å². The summed E-state index contributed by atoms with van der Waals surface area (Å²) in [6.45, 7) is 6.27. The summed E-state index contributed by atoms with van der Waals surface area (Å²) >= 11 is 1.65. The second-order valence-corrected chi connectivity index (χ2v) is 6.76. The van der Waals surface area contributed by atoms with Gasteiger partial charge >= 0.3 is 0 Å². The average molecular weight is 306 g/mol. The Hall–Kier alpha value is -0.590. The molecule has 1 aromatic heterocycles. The Balaban J connectivity index is 2.42. The predicted octanol–water partition coefficient (Wildman–Crippen LogP) is 3.24. The lowest BCUT2D eigenvalue weighted by Gasteiger charge is -2.16. The van der Waals surface area contributed by atoms with Gasteiger partial charge in [-0.1, -0.05) is 20.8 Å². The van der Waals surface area contributed by atoms with Crippen LogP contribution in [0.3, 0.4) is 0 Å². The summed E-state index contributed by atoms with van der Waals surface area (Å²) < 4.78 is 28.8. The number of nitrogens with zero attached hydrogens (tertiary/aromatic N) is 1. The van der Waals surface area contributed by atoms with Gasteiger partial charge in [-0.05, 0) is 13.5 Å². The number of rotatable bonds is 8. The number of alkyl halides is 2. The maximum atomic E-state index is 12.0. The number of ether oxygens (including phenoxy) is 1. The zero-order valence-corrected chi connectivity index (χ0v) is 13.4. The summed E-state index contributed by atoms with van der Waals surface area (Å²) in [7, 11) is 1.87. The zero-order chi connectivity index (χ0) is 15.2. The molecule has 0 aromatic carbocycles. The molecule has 6 heteroatoms. The van der Waals surface area contributed by atoms with Gasteiger partial charge in [0.05, 0.1) is 10.7 Å². The summed E-state index contributed by atoms with van der Waals surface area (Å²) in [5, 5.41) is 6.35. The molecule has 1 N–H and O–H groups in total. The average Bonchev–Trinajstić information content (AvgIpc) is 2.81. The molecule has 1 aromatic rings. The number of nitrogens with one attached hydrogen (secondary N) is 1. The van der Waals surface area contributed by atoms with Gasteiger partial charge in [0, 0.05) is 29.9 Å². The smallest absolute Gasteiger partial charge is 0.261 e. The van der Waals surface area contributed by atoms with Crippen LogP contribution in [-0.2, 0) is 16.6 Å². The molecule has 0 saturated carbocycles. The fourth-order valence-electron chi connectivity index (χ4n) is 1.71. The van der Waals surface area contributed by atoms with Gasteiger partial charge in [0.2, 0.25) is 0 Å². The minimum absolute atomic E-state index is 0.0598. The molecule has 0 saturated heterocycles. The van der Waals surface area contributed by atoms with Crippen LogP contribution in [0.4, 0.5) is 8.78 Å². The number of aromatic nitrogens is 1. The van der Waals surface area contributed by atoms with Crippen molar-refractivity contribution >= 4 is 11.3 Å². The number of halogens is 2. The Kier molecular flexibility index (Phi) is 6.99. The summed E-state index contributed by atoms with van der Waals surface area (Å²) in [4.78, 5) is 4.64. The largest absolute Gasteiger partial charge is 0.375 e. The van der Waals surface area contributed by atoms with E-state index in [2.05, 4.69) is 36.5 Å². The van der Waals surface area contributed by atoms with E-state index in [-0.39, 0.29) is 11.5 Å². The topological polar surface area (TPSA) is 34.1 Å². The molecule has 1 rings (SSSR count). The van der Waals surface area contributed by atoms with Crippen molar-refractivity contribution < 1.29 is 13.5 Å². The molecule has 116 valence electrons. The van der Waals surface area contributed by atoms with Crippen LogP contribution in [0.1, 0.15) is 37.9 Å². The van der Waals surface area contributed by atoms with Crippen LogP contribution >= 0.6 is 11.3 Å². The number of hydrogen-bond acceptors (Lipinski definition) is 4. The third-order valence-electron chi connectivity index (χ3n) is 3.00. The maximum Gasteiger partial charge on any atom is 0.261 e. The lowest BCUT2D eigenvalue weighted by molar-refractivity contribution is 0.0146. The normalized spacial score (nSPS) is 13.9. The number of likely N-dealkylation sites (N-methyl/N-ethyl adjacent to an activating group) is 1. The molecule has 0 radical (unpaired) electrons. The van der Waals surface area contributed by atoms with Crippen molar-refractivity contribution in [3.05, 3.63) is 16.1 Å². The standard InChI is InChI=1S/C14H24F2N2OS/c1-14(2,3)11-9-20-13(18-11)7-10(17-4)5-6-19-8-12(15)16/h9-10,12,17H,5-8H2,1-4H3. The molecular weight excluding hydrogens is 282 g/mol. The van der Waals surface area contributed by atoms with E-state index < -0.39 is 13.0 Å². The molecule has 3 nitrogen and oxygen atoms in total. The van der Waals surface area contributed by atoms with Crippen LogP contribution in [0.2, 0.25) is 0 Å². The van der Waals surface area contributed by atoms with Gasteiger partial charge < -0.3 is 10.1 Å². The Morgan fingerprint density at radius 1 is 1.40 bits per heavy atom. The third kappa shape index (κ3) is 6.24. The first-order valence-corrected chi connectivity index (χ1v) is 7.69. The van der Waals surface area contributed by atoms with E-state index in [4.69, 9.17) is 4.74 Å². The van der Waals surface area contributed by atoms with Crippen LogP contribution in [0.5, 0.6) is 0 Å². The highest BCUT2D eigenvalue weighted by atomic mass is 32.1. The molecule has 0 aliphatic carbocycles. The molecule has 0 aliphatic heterocycles. The van der Waals surface area contributed by atoms with Gasteiger partial charge in [0.1, 0.15) is 6.61 Å². The fourth-order valence-corrected chi connectivity index (χ4v) is 2.81. The van der Waals surface area contributed by atoms with E-state index in [1.54, 1.807) is 11.3 Å². The van der Waals surface area contributed by atoms with Gasteiger partial charge in [-0.15, -0.1) is 11.3 Å². The predicted molar refractivity (Wildman–Crippen MR) is 78.8 cm³/mol. The number of hydrogen-bond donors (Lipinski definition) is 1. The minimum atomic E-state index is -2.39. The summed E-state index contributed by atoms with van der Waals surface area (Å²) in [6, 6.07) is 0.201. The monoisotopic (exact) mass is 306 g/mol. The Bertz CT molecular complexity index is 391. The van der Waals surface area contributed by atoms with E-state index in [1.165, 1.54) is 0 Å². The van der Waals surface area contributed by atoms with Crippen LogP contribution in [0.25, 0.3) is 0 Å². The van der Waals surface area contributed by atoms with Crippen LogP contribution in [0, 0.1) is 0 Å². The molecular formula is C14H24F2N2OS. The van der Waals surface area contributed by atoms with E-state index >= 15 is 0 Å². The summed E-state index contributed by atoms with van der Waals surface area (Å²) in [5.41, 5.74) is 1.16. The lowest BCUT2D eigenvalue weighted by atomic mass is 9.93. The Labute approximate surface area is 123 Å².